The average molecular weight is 342 g/mol. The molecule has 0 aliphatic carbocycles. The third-order valence-electron chi connectivity index (χ3n) is 4.08. The third-order valence-corrected chi connectivity index (χ3v) is 4.08. The van der Waals surface area contributed by atoms with E-state index in [9.17, 15) is 14.7 Å². The Labute approximate surface area is 143 Å². The van der Waals surface area contributed by atoms with E-state index < -0.39 is 0 Å². The second-order valence-corrected chi connectivity index (χ2v) is 5.72. The van der Waals surface area contributed by atoms with Crippen molar-refractivity contribution in [1.82, 2.24) is 14.7 Å². The molecule has 3 rings (SSSR count). The first-order valence-corrected chi connectivity index (χ1v) is 8.02. The largest absolute Gasteiger partial charge is 0.393 e. The molecule has 3 heterocycles. The maximum atomic E-state index is 12.9. The SMILES string of the molecule is CCNC(=O)c1cc2c(=O)n3cccc(C)c3nc2[n+](CCO)c1N. The van der Waals surface area contributed by atoms with Crippen molar-refractivity contribution in [3.05, 3.63) is 45.9 Å². The first kappa shape index (κ1) is 16.8. The van der Waals surface area contributed by atoms with Gasteiger partial charge in [-0.2, -0.15) is 0 Å². The van der Waals surface area contributed by atoms with E-state index in [2.05, 4.69) is 10.3 Å². The topological polar surface area (TPSA) is 114 Å². The van der Waals surface area contributed by atoms with Gasteiger partial charge in [-0.15, -0.1) is 0 Å². The van der Waals surface area contributed by atoms with Gasteiger partial charge in [0.25, 0.3) is 17.1 Å². The standard InChI is InChI=1S/C17H19N5O3/c1-3-19-16(24)11-9-12-15(21(7-8-23)13(11)18)20-14-10(2)5-4-6-22(14)17(12)25/h4-6,9,18,23H,3,7-8H2,1-2H3,(H,19,24)/p+1. The molecule has 0 bridgehead atoms. The zero-order chi connectivity index (χ0) is 18.1. The smallest absolute Gasteiger partial charge is 0.278 e. The number of anilines is 1. The molecule has 3 aromatic rings. The summed E-state index contributed by atoms with van der Waals surface area (Å²) in [6.07, 6.45) is 1.63. The Bertz CT molecular complexity index is 1040. The van der Waals surface area contributed by atoms with Gasteiger partial charge in [0.2, 0.25) is 11.5 Å². The van der Waals surface area contributed by atoms with E-state index in [1.807, 2.05) is 13.0 Å². The number of carbonyl (C=O) groups is 1. The Morgan fingerprint density at radius 3 is 2.92 bits per heavy atom. The van der Waals surface area contributed by atoms with Crippen LogP contribution in [0, 0.1) is 6.92 Å². The highest BCUT2D eigenvalue weighted by Gasteiger charge is 2.24. The van der Waals surface area contributed by atoms with Gasteiger partial charge in [-0.3, -0.25) is 14.0 Å². The van der Waals surface area contributed by atoms with Gasteiger partial charge in [0.05, 0.1) is 13.2 Å². The molecule has 0 aliphatic rings. The van der Waals surface area contributed by atoms with Gasteiger partial charge in [-0.25, -0.2) is 4.57 Å². The lowest BCUT2D eigenvalue weighted by Gasteiger charge is -2.11. The van der Waals surface area contributed by atoms with E-state index in [-0.39, 0.29) is 41.4 Å². The average Bonchev–Trinajstić information content (AvgIpc) is 2.59. The van der Waals surface area contributed by atoms with E-state index >= 15 is 0 Å². The van der Waals surface area contributed by atoms with Crippen LogP contribution in [0.15, 0.2) is 29.2 Å². The lowest BCUT2D eigenvalue weighted by Crippen LogP contribution is -2.44. The summed E-state index contributed by atoms with van der Waals surface area (Å²) >= 11 is 0. The third kappa shape index (κ3) is 2.70. The van der Waals surface area contributed by atoms with Gasteiger partial charge < -0.3 is 16.2 Å². The highest BCUT2D eigenvalue weighted by atomic mass is 16.3. The van der Waals surface area contributed by atoms with Gasteiger partial charge in [-0.05, 0) is 26.0 Å². The number of carbonyl (C=O) groups excluding carboxylic acids is 1. The van der Waals surface area contributed by atoms with E-state index in [0.29, 0.717) is 17.8 Å². The van der Waals surface area contributed by atoms with Crippen molar-refractivity contribution in [3.63, 3.8) is 0 Å². The van der Waals surface area contributed by atoms with Crippen LogP contribution in [-0.2, 0) is 6.54 Å². The number of amides is 1. The lowest BCUT2D eigenvalue weighted by atomic mass is 10.1. The first-order valence-electron chi connectivity index (χ1n) is 8.02. The molecule has 0 saturated carbocycles. The second kappa shape index (κ2) is 6.48. The predicted octanol–water partition coefficient (Wildman–Crippen LogP) is -0.232. The predicted molar refractivity (Wildman–Crippen MR) is 93.4 cm³/mol. The molecule has 8 nitrogen and oxygen atoms in total. The number of hydrogen-bond acceptors (Lipinski definition) is 5. The minimum Gasteiger partial charge on any atom is -0.393 e. The van der Waals surface area contributed by atoms with Crippen molar-refractivity contribution in [3.8, 4) is 0 Å². The number of aliphatic hydroxyl groups is 1. The number of nitrogens with zero attached hydrogens (tertiary/aromatic N) is 3. The Kier molecular flexibility index (Phi) is 4.37. The zero-order valence-electron chi connectivity index (χ0n) is 14.1. The summed E-state index contributed by atoms with van der Waals surface area (Å²) < 4.78 is 2.95. The number of fused-ring (bicyclic) bond motifs is 2. The van der Waals surface area contributed by atoms with E-state index in [1.165, 1.54) is 15.0 Å². The van der Waals surface area contributed by atoms with Crippen LogP contribution in [0.1, 0.15) is 22.8 Å². The molecular formula is C17H20N5O3+. The summed E-state index contributed by atoms with van der Waals surface area (Å²) in [6.45, 7) is 4.02. The van der Waals surface area contributed by atoms with Gasteiger partial charge in [-0.1, -0.05) is 11.1 Å². The second-order valence-electron chi connectivity index (χ2n) is 5.72. The number of aliphatic hydroxyl groups excluding tert-OH is 1. The summed E-state index contributed by atoms with van der Waals surface area (Å²) in [5.74, 6) is -0.209. The van der Waals surface area contributed by atoms with Crippen molar-refractivity contribution < 1.29 is 14.5 Å². The fourth-order valence-corrected chi connectivity index (χ4v) is 2.87. The van der Waals surface area contributed by atoms with Crippen LogP contribution in [0.3, 0.4) is 0 Å². The fourth-order valence-electron chi connectivity index (χ4n) is 2.87. The number of nitrogens with one attached hydrogen (secondary N) is 1. The summed E-state index contributed by atoms with van der Waals surface area (Å²) in [6, 6.07) is 5.09. The molecule has 0 aromatic carbocycles. The van der Waals surface area contributed by atoms with Crippen LogP contribution in [0.25, 0.3) is 16.7 Å². The van der Waals surface area contributed by atoms with Gasteiger partial charge >= 0.3 is 0 Å². The molecule has 0 fully saturated rings. The molecule has 3 aromatic heterocycles. The molecule has 130 valence electrons. The van der Waals surface area contributed by atoms with Crippen LogP contribution < -0.4 is 21.2 Å². The molecular weight excluding hydrogens is 322 g/mol. The number of nitrogen functional groups attached to an aromatic ring is 1. The number of pyridine rings is 2. The highest BCUT2D eigenvalue weighted by Crippen LogP contribution is 2.15. The lowest BCUT2D eigenvalue weighted by molar-refractivity contribution is -0.660. The number of rotatable bonds is 4. The van der Waals surface area contributed by atoms with Crippen LogP contribution in [0.2, 0.25) is 0 Å². The zero-order valence-corrected chi connectivity index (χ0v) is 14.1. The maximum Gasteiger partial charge on any atom is 0.278 e. The monoisotopic (exact) mass is 342 g/mol. The van der Waals surface area contributed by atoms with E-state index in [1.54, 1.807) is 19.2 Å². The molecule has 25 heavy (non-hydrogen) atoms. The quantitative estimate of drug-likeness (QED) is 0.448. The van der Waals surface area contributed by atoms with Crippen LogP contribution >= 0.6 is 0 Å². The number of nitrogens with two attached hydrogens (primary N) is 1. The number of hydrogen-bond donors (Lipinski definition) is 3. The molecule has 0 unspecified atom stereocenters. The van der Waals surface area contributed by atoms with Crippen molar-refractivity contribution in [1.29, 1.82) is 0 Å². The van der Waals surface area contributed by atoms with Gasteiger partial charge in [0, 0.05) is 18.3 Å². The van der Waals surface area contributed by atoms with Crippen molar-refractivity contribution in [2.75, 3.05) is 18.9 Å². The molecule has 0 radical (unpaired) electrons. The van der Waals surface area contributed by atoms with Crippen LogP contribution in [-0.4, -0.2) is 33.6 Å². The summed E-state index contributed by atoms with van der Waals surface area (Å²) in [4.78, 5) is 29.8. The fraction of sp³-hybridized carbons (Fsp3) is 0.294. The molecule has 0 atom stereocenters. The summed E-state index contributed by atoms with van der Waals surface area (Å²) in [5, 5.41) is 12.3. The van der Waals surface area contributed by atoms with Crippen LogP contribution in [0.5, 0.6) is 0 Å². The van der Waals surface area contributed by atoms with Gasteiger partial charge in [0.15, 0.2) is 0 Å². The Morgan fingerprint density at radius 1 is 1.48 bits per heavy atom. The van der Waals surface area contributed by atoms with E-state index in [0.717, 1.165) is 5.56 Å². The maximum absolute atomic E-state index is 12.9. The molecule has 4 N–H and O–H groups in total. The minimum absolute atomic E-state index is 0.129. The number of aromatic nitrogens is 3. The summed E-state index contributed by atoms with van der Waals surface area (Å²) in [5.41, 5.74) is 7.73. The Hall–Kier alpha value is -3.00. The normalized spacial score (nSPS) is 11.2. The number of aryl methyl sites for hydroxylation is 1. The molecule has 0 spiro atoms. The van der Waals surface area contributed by atoms with Crippen molar-refractivity contribution in [2.24, 2.45) is 0 Å². The Morgan fingerprint density at radius 2 is 2.24 bits per heavy atom. The molecule has 8 heteroatoms. The highest BCUT2D eigenvalue weighted by molar-refractivity contribution is 6.00. The molecule has 1 amide bonds. The van der Waals surface area contributed by atoms with Crippen molar-refractivity contribution >= 4 is 28.4 Å². The van der Waals surface area contributed by atoms with Crippen molar-refractivity contribution in [2.45, 2.75) is 20.4 Å². The minimum atomic E-state index is -0.373. The van der Waals surface area contributed by atoms with Crippen LogP contribution in [0.4, 0.5) is 5.82 Å². The first-order chi connectivity index (χ1) is 12.0. The van der Waals surface area contributed by atoms with E-state index in [4.69, 9.17) is 5.73 Å². The molecule has 0 aliphatic heterocycles. The Balaban J connectivity index is 2.47. The summed E-state index contributed by atoms with van der Waals surface area (Å²) in [7, 11) is 0. The van der Waals surface area contributed by atoms with Gasteiger partial charge in [0.1, 0.15) is 10.9 Å². The molecule has 0 saturated heterocycles.